The number of rotatable bonds is 2. The molecule has 0 N–H and O–H groups in total. The number of carbonyl (C=O) groups is 2. The van der Waals surface area contributed by atoms with E-state index in [1.54, 1.807) is 50.2 Å². The Balaban J connectivity index is 0.000000364. The monoisotopic (exact) mass is 472 g/mol. The average molecular weight is 471 g/mol. The fraction of sp³-hybridized carbons (Fsp3) is 0.125. The van der Waals surface area contributed by atoms with Crippen molar-refractivity contribution in [3.8, 4) is 0 Å². The molecule has 2 rings (SSSR count). The van der Waals surface area contributed by atoms with Crippen molar-refractivity contribution in [2.45, 2.75) is 13.8 Å². The largest absolute Gasteiger partial charge is 2.00 e. The second-order valence-corrected chi connectivity index (χ2v) is 4.20. The first-order valence-corrected chi connectivity index (χ1v) is 5.97. The molecule has 0 spiro atoms. The molecule has 4 nitrogen and oxygen atoms in total. The maximum absolute atomic E-state index is 10.3. The van der Waals surface area contributed by atoms with Gasteiger partial charge in [-0.2, -0.15) is 0 Å². The van der Waals surface area contributed by atoms with Crippen LogP contribution in [0.3, 0.4) is 0 Å². The van der Waals surface area contributed by atoms with Gasteiger partial charge in [-0.15, -0.1) is 0 Å². The molecule has 0 radical (unpaired) electrons. The molecule has 5 heteroatoms. The summed E-state index contributed by atoms with van der Waals surface area (Å²) in [6, 6.07) is 13.5. The summed E-state index contributed by atoms with van der Waals surface area (Å²) in [5, 5.41) is 20.6. The summed E-state index contributed by atoms with van der Waals surface area (Å²) < 4.78 is 0. The molecule has 0 aliphatic carbocycles. The van der Waals surface area contributed by atoms with Crippen LogP contribution in [0.15, 0.2) is 48.5 Å². The van der Waals surface area contributed by atoms with E-state index in [0.29, 0.717) is 0 Å². The minimum Gasteiger partial charge on any atom is -0.545 e. The fourth-order valence-corrected chi connectivity index (χ4v) is 1.60. The van der Waals surface area contributed by atoms with Crippen LogP contribution in [0.1, 0.15) is 31.8 Å². The van der Waals surface area contributed by atoms with Gasteiger partial charge in [-0.1, -0.05) is 48.5 Å². The number of carboxylic acid groups (broad SMARTS) is 2. The molecule has 0 amide bonds. The topological polar surface area (TPSA) is 80.3 Å². The van der Waals surface area contributed by atoms with E-state index in [2.05, 4.69) is 0 Å². The van der Waals surface area contributed by atoms with Crippen LogP contribution in [-0.2, 0) is 27.7 Å². The second-order valence-electron chi connectivity index (χ2n) is 4.20. The first-order valence-electron chi connectivity index (χ1n) is 5.97. The van der Waals surface area contributed by atoms with E-state index in [-0.39, 0.29) is 38.8 Å². The zero-order chi connectivity index (χ0) is 15.1. The Kier molecular flexibility index (Phi) is 8.54. The normalized spacial score (nSPS) is 8.86. The minimum absolute atomic E-state index is 0. The number of benzene rings is 2. The van der Waals surface area contributed by atoms with Gasteiger partial charge in [0.25, 0.3) is 0 Å². The van der Waals surface area contributed by atoms with Crippen LogP contribution in [0.5, 0.6) is 0 Å². The van der Waals surface area contributed by atoms with Gasteiger partial charge in [0.15, 0.2) is 0 Å². The van der Waals surface area contributed by atoms with Crippen molar-refractivity contribution in [1.82, 2.24) is 0 Å². The molecule has 0 atom stereocenters. The van der Waals surface area contributed by atoms with E-state index < -0.39 is 11.9 Å². The summed E-state index contributed by atoms with van der Waals surface area (Å²) in [6.45, 7) is 3.48. The van der Waals surface area contributed by atoms with Crippen molar-refractivity contribution in [3.05, 3.63) is 70.8 Å². The molecular weight excluding hydrogens is 457 g/mol. The van der Waals surface area contributed by atoms with Crippen LogP contribution in [0.2, 0.25) is 0 Å². The molecule has 0 aliphatic rings. The van der Waals surface area contributed by atoms with Gasteiger partial charge in [0.2, 0.25) is 0 Å². The third kappa shape index (κ3) is 6.08. The van der Waals surface area contributed by atoms with Gasteiger partial charge < -0.3 is 19.8 Å². The van der Waals surface area contributed by atoms with E-state index in [1.165, 1.54) is 12.1 Å². The molecule has 0 aromatic heterocycles. The van der Waals surface area contributed by atoms with Crippen LogP contribution in [-0.4, -0.2) is 11.9 Å². The molecule has 2 aromatic carbocycles. The molecule has 0 saturated carbocycles. The van der Waals surface area contributed by atoms with Crippen LogP contribution in [0, 0.1) is 13.8 Å². The maximum atomic E-state index is 10.3. The van der Waals surface area contributed by atoms with Crippen molar-refractivity contribution in [3.63, 3.8) is 0 Å². The summed E-state index contributed by atoms with van der Waals surface area (Å²) in [5.74, 6) is -2.23. The molecule has 0 saturated heterocycles. The average Bonchev–Trinajstić information content (AvgIpc) is 2.40. The Morgan fingerprint density at radius 3 is 1.19 bits per heavy atom. The third-order valence-electron chi connectivity index (χ3n) is 2.73. The van der Waals surface area contributed by atoms with Gasteiger partial charge in [-0.3, -0.25) is 0 Å². The van der Waals surface area contributed by atoms with E-state index in [1.807, 2.05) is 0 Å². The summed E-state index contributed by atoms with van der Waals surface area (Å²) in [7, 11) is 0. The number of hydrogen-bond acceptors (Lipinski definition) is 4. The van der Waals surface area contributed by atoms with Crippen molar-refractivity contribution in [2.24, 2.45) is 0 Å². The Morgan fingerprint density at radius 2 is 1.00 bits per heavy atom. The zero-order valence-corrected chi connectivity index (χ0v) is 17.5. The maximum Gasteiger partial charge on any atom is 2.00 e. The van der Waals surface area contributed by atoms with Crippen LogP contribution in [0.25, 0.3) is 0 Å². The van der Waals surface area contributed by atoms with E-state index in [4.69, 9.17) is 0 Å². The van der Waals surface area contributed by atoms with Gasteiger partial charge in [-0.05, 0) is 25.0 Å². The predicted octanol–water partition coefficient (Wildman–Crippen LogP) is 0.715. The summed E-state index contributed by atoms with van der Waals surface area (Å²) in [5.41, 5.74) is 2.01. The molecule has 0 fully saturated rings. The van der Waals surface area contributed by atoms with E-state index >= 15 is 0 Å². The second kappa shape index (κ2) is 9.29. The molecule has 0 aliphatic heterocycles. The van der Waals surface area contributed by atoms with Crippen molar-refractivity contribution >= 4 is 11.9 Å². The molecule has 0 heterocycles. The van der Waals surface area contributed by atoms with Crippen LogP contribution >= 0.6 is 0 Å². The summed E-state index contributed by atoms with van der Waals surface area (Å²) >= 11 is 0. The zero-order valence-electron chi connectivity index (χ0n) is 12.0. The molecule has 104 valence electrons. The van der Waals surface area contributed by atoms with Crippen molar-refractivity contribution in [2.75, 3.05) is 0 Å². The molecule has 0 bridgehead atoms. The van der Waals surface area contributed by atoms with Gasteiger partial charge in [0, 0.05) is 11.1 Å². The Morgan fingerprint density at radius 1 is 0.714 bits per heavy atom. The number of aromatic carboxylic acids is 2. The van der Waals surface area contributed by atoms with Crippen molar-refractivity contribution in [1.29, 1.82) is 0 Å². The summed E-state index contributed by atoms with van der Waals surface area (Å²) in [4.78, 5) is 20.6. The molecular formula is C16H14HgO4. The third-order valence-corrected chi connectivity index (χ3v) is 2.73. The first-order chi connectivity index (χ1) is 9.43. The van der Waals surface area contributed by atoms with Gasteiger partial charge in [-0.25, -0.2) is 0 Å². The predicted molar refractivity (Wildman–Crippen MR) is 71.0 cm³/mol. The Labute approximate surface area is 143 Å². The first kappa shape index (κ1) is 19.3. The van der Waals surface area contributed by atoms with Gasteiger partial charge in [0.1, 0.15) is 0 Å². The smallest absolute Gasteiger partial charge is 0.545 e. The molecule has 21 heavy (non-hydrogen) atoms. The Hall–Kier alpha value is -1.68. The molecule has 2 aromatic rings. The Bertz CT molecular complexity index is 568. The number of carboxylic acids is 2. The van der Waals surface area contributed by atoms with Gasteiger partial charge in [0.05, 0.1) is 11.9 Å². The minimum atomic E-state index is -1.11. The van der Waals surface area contributed by atoms with Crippen LogP contribution < -0.4 is 10.2 Å². The summed E-state index contributed by atoms with van der Waals surface area (Å²) in [6.07, 6.45) is 0. The quantitative estimate of drug-likeness (QED) is 0.606. The van der Waals surface area contributed by atoms with Gasteiger partial charge >= 0.3 is 27.7 Å². The SMILES string of the molecule is Cc1ccccc1C(=O)[O-].Cc1ccccc1C(=O)[O-].[Hg+2]. The van der Waals surface area contributed by atoms with Crippen LogP contribution in [0.4, 0.5) is 0 Å². The molecule has 0 unspecified atom stereocenters. The number of hydrogen-bond donors (Lipinski definition) is 0. The number of aryl methyl sites for hydroxylation is 2. The standard InChI is InChI=1S/2C8H8O2.Hg/c2*1-6-4-2-3-5-7(6)8(9)10;/h2*2-5H,1H3,(H,9,10);/q;;+2/p-2. The fourth-order valence-electron chi connectivity index (χ4n) is 1.60. The van der Waals surface area contributed by atoms with E-state index in [9.17, 15) is 19.8 Å². The van der Waals surface area contributed by atoms with Crippen molar-refractivity contribution < 1.29 is 47.5 Å². The van der Waals surface area contributed by atoms with E-state index in [0.717, 1.165) is 11.1 Å². The number of carbonyl (C=O) groups excluding carboxylic acids is 2.